The standard InChI is InChI=1S/C16H20BrN/c17-11-4-6-12(7-5-11)18-16-9-10-8-15(16)14-3-1-2-13(10)14/h4-7,10,13-16,18H,1-3,8-9H2. The maximum atomic E-state index is 3.79. The molecule has 2 bridgehead atoms. The molecule has 3 aliphatic carbocycles. The highest BCUT2D eigenvalue weighted by atomic mass is 79.9. The van der Waals surface area contributed by atoms with Crippen molar-refractivity contribution in [2.75, 3.05) is 5.32 Å². The van der Waals surface area contributed by atoms with Crippen molar-refractivity contribution in [2.24, 2.45) is 23.7 Å². The van der Waals surface area contributed by atoms with Gasteiger partial charge in [0.25, 0.3) is 0 Å². The molecule has 5 atom stereocenters. The van der Waals surface area contributed by atoms with E-state index >= 15 is 0 Å². The average molecular weight is 306 g/mol. The fourth-order valence-corrected chi connectivity index (χ4v) is 5.26. The van der Waals surface area contributed by atoms with Crippen LogP contribution in [0.3, 0.4) is 0 Å². The lowest BCUT2D eigenvalue weighted by molar-refractivity contribution is 0.243. The third-order valence-corrected chi connectivity index (χ3v) is 6.15. The number of fused-ring (bicyclic) bond motifs is 5. The van der Waals surface area contributed by atoms with Gasteiger partial charge in [0.2, 0.25) is 0 Å². The summed E-state index contributed by atoms with van der Waals surface area (Å²) in [6.07, 6.45) is 7.44. The Hall–Kier alpha value is -0.500. The monoisotopic (exact) mass is 305 g/mol. The van der Waals surface area contributed by atoms with Crippen molar-refractivity contribution in [2.45, 2.75) is 38.1 Å². The number of rotatable bonds is 2. The van der Waals surface area contributed by atoms with Gasteiger partial charge in [0.1, 0.15) is 0 Å². The van der Waals surface area contributed by atoms with Crippen LogP contribution in [-0.4, -0.2) is 6.04 Å². The van der Waals surface area contributed by atoms with Gasteiger partial charge in [0.05, 0.1) is 0 Å². The average Bonchev–Trinajstić information content (AvgIpc) is 3.03. The number of halogens is 1. The number of hydrogen-bond donors (Lipinski definition) is 1. The molecule has 0 aromatic heterocycles. The molecule has 5 unspecified atom stereocenters. The summed E-state index contributed by atoms with van der Waals surface area (Å²) >= 11 is 3.50. The molecule has 0 amide bonds. The minimum Gasteiger partial charge on any atom is -0.382 e. The van der Waals surface area contributed by atoms with Gasteiger partial charge < -0.3 is 5.32 Å². The minimum atomic E-state index is 0.746. The fraction of sp³-hybridized carbons (Fsp3) is 0.625. The van der Waals surface area contributed by atoms with Gasteiger partial charge in [0.15, 0.2) is 0 Å². The SMILES string of the molecule is Brc1ccc(NC2CC3CC2C2CCCC32)cc1. The number of benzene rings is 1. The molecule has 1 aromatic rings. The summed E-state index contributed by atoms with van der Waals surface area (Å²) < 4.78 is 1.16. The quantitative estimate of drug-likeness (QED) is 0.836. The van der Waals surface area contributed by atoms with Crippen molar-refractivity contribution in [1.82, 2.24) is 0 Å². The second kappa shape index (κ2) is 4.26. The van der Waals surface area contributed by atoms with Crippen molar-refractivity contribution in [3.63, 3.8) is 0 Å². The van der Waals surface area contributed by atoms with Crippen LogP contribution >= 0.6 is 15.9 Å². The maximum absolute atomic E-state index is 3.79. The van der Waals surface area contributed by atoms with Crippen LogP contribution in [0.1, 0.15) is 32.1 Å². The molecule has 96 valence electrons. The zero-order valence-electron chi connectivity index (χ0n) is 10.6. The van der Waals surface area contributed by atoms with Crippen LogP contribution in [0.5, 0.6) is 0 Å². The number of hydrogen-bond acceptors (Lipinski definition) is 1. The molecule has 2 heteroatoms. The van der Waals surface area contributed by atoms with Gasteiger partial charge in [-0.15, -0.1) is 0 Å². The van der Waals surface area contributed by atoms with E-state index in [0.29, 0.717) is 0 Å². The zero-order valence-corrected chi connectivity index (χ0v) is 12.2. The van der Waals surface area contributed by atoms with E-state index in [1.807, 2.05) is 0 Å². The number of nitrogens with one attached hydrogen (secondary N) is 1. The van der Waals surface area contributed by atoms with Gasteiger partial charge in [-0.05, 0) is 73.6 Å². The summed E-state index contributed by atoms with van der Waals surface area (Å²) in [5.74, 6) is 4.15. The van der Waals surface area contributed by atoms with Gasteiger partial charge in [-0.2, -0.15) is 0 Å². The minimum absolute atomic E-state index is 0.746. The lowest BCUT2D eigenvalue weighted by Gasteiger charge is -2.32. The Labute approximate surface area is 117 Å². The molecule has 0 radical (unpaired) electrons. The molecule has 4 rings (SSSR count). The molecule has 18 heavy (non-hydrogen) atoms. The molecule has 1 aromatic carbocycles. The second-order valence-electron chi connectivity index (χ2n) is 6.41. The van der Waals surface area contributed by atoms with Crippen LogP contribution in [0, 0.1) is 23.7 Å². The van der Waals surface area contributed by atoms with Crippen LogP contribution in [0.2, 0.25) is 0 Å². The normalized spacial score (nSPS) is 41.1. The first-order chi connectivity index (χ1) is 8.81. The van der Waals surface area contributed by atoms with E-state index in [1.54, 1.807) is 0 Å². The van der Waals surface area contributed by atoms with E-state index in [1.165, 1.54) is 37.8 Å². The molecule has 0 saturated heterocycles. The highest BCUT2D eigenvalue weighted by Crippen LogP contribution is 2.59. The third kappa shape index (κ3) is 1.72. The van der Waals surface area contributed by atoms with E-state index in [4.69, 9.17) is 0 Å². The number of anilines is 1. The van der Waals surface area contributed by atoms with Crippen LogP contribution in [0.25, 0.3) is 0 Å². The Balaban J connectivity index is 1.49. The smallest absolute Gasteiger partial charge is 0.0343 e. The van der Waals surface area contributed by atoms with E-state index in [2.05, 4.69) is 45.5 Å². The van der Waals surface area contributed by atoms with Gasteiger partial charge in [0, 0.05) is 16.2 Å². The first-order valence-electron chi connectivity index (χ1n) is 7.33. The van der Waals surface area contributed by atoms with Crippen molar-refractivity contribution in [3.8, 4) is 0 Å². The van der Waals surface area contributed by atoms with Gasteiger partial charge in [-0.3, -0.25) is 0 Å². The Morgan fingerprint density at radius 2 is 1.72 bits per heavy atom. The lowest BCUT2D eigenvalue weighted by Crippen LogP contribution is -2.33. The lowest BCUT2D eigenvalue weighted by atomic mass is 9.79. The van der Waals surface area contributed by atoms with E-state index in [0.717, 1.165) is 34.2 Å². The summed E-state index contributed by atoms with van der Waals surface area (Å²) in [6, 6.07) is 9.40. The first-order valence-corrected chi connectivity index (χ1v) is 8.12. The van der Waals surface area contributed by atoms with E-state index in [9.17, 15) is 0 Å². The van der Waals surface area contributed by atoms with Crippen molar-refractivity contribution < 1.29 is 0 Å². The van der Waals surface area contributed by atoms with Crippen LogP contribution in [0.4, 0.5) is 5.69 Å². The Morgan fingerprint density at radius 3 is 2.56 bits per heavy atom. The van der Waals surface area contributed by atoms with Gasteiger partial charge in [-0.25, -0.2) is 0 Å². The summed E-state index contributed by atoms with van der Waals surface area (Å²) in [5.41, 5.74) is 1.30. The largest absolute Gasteiger partial charge is 0.382 e. The summed E-state index contributed by atoms with van der Waals surface area (Å²) in [5, 5.41) is 3.79. The fourth-order valence-electron chi connectivity index (χ4n) is 4.99. The molecule has 3 saturated carbocycles. The van der Waals surface area contributed by atoms with Crippen LogP contribution in [-0.2, 0) is 0 Å². The van der Waals surface area contributed by atoms with E-state index < -0.39 is 0 Å². The Bertz CT molecular complexity index is 441. The molecular formula is C16H20BrN. The second-order valence-corrected chi connectivity index (χ2v) is 7.33. The topological polar surface area (TPSA) is 12.0 Å². The molecule has 0 heterocycles. The molecular weight excluding hydrogens is 286 g/mol. The van der Waals surface area contributed by atoms with Crippen LogP contribution in [0.15, 0.2) is 28.7 Å². The van der Waals surface area contributed by atoms with Crippen molar-refractivity contribution in [1.29, 1.82) is 0 Å². The molecule has 3 aliphatic rings. The first kappa shape index (κ1) is 11.3. The van der Waals surface area contributed by atoms with E-state index in [-0.39, 0.29) is 0 Å². The summed E-state index contributed by atoms with van der Waals surface area (Å²) in [7, 11) is 0. The molecule has 0 aliphatic heterocycles. The Morgan fingerprint density at radius 1 is 0.944 bits per heavy atom. The van der Waals surface area contributed by atoms with Crippen molar-refractivity contribution >= 4 is 21.6 Å². The summed E-state index contributed by atoms with van der Waals surface area (Å²) in [6.45, 7) is 0. The molecule has 1 nitrogen and oxygen atoms in total. The molecule has 0 spiro atoms. The van der Waals surface area contributed by atoms with Gasteiger partial charge in [-0.1, -0.05) is 22.4 Å². The maximum Gasteiger partial charge on any atom is 0.0343 e. The van der Waals surface area contributed by atoms with Gasteiger partial charge >= 0.3 is 0 Å². The highest BCUT2D eigenvalue weighted by Gasteiger charge is 2.53. The zero-order chi connectivity index (χ0) is 12.1. The predicted octanol–water partition coefficient (Wildman–Crippen LogP) is 4.69. The van der Waals surface area contributed by atoms with Crippen molar-refractivity contribution in [3.05, 3.63) is 28.7 Å². The molecule has 3 fully saturated rings. The predicted molar refractivity (Wildman–Crippen MR) is 78.6 cm³/mol. The summed E-state index contributed by atoms with van der Waals surface area (Å²) in [4.78, 5) is 0. The molecule has 1 N–H and O–H groups in total. The highest BCUT2D eigenvalue weighted by molar-refractivity contribution is 9.10. The Kier molecular flexibility index (Phi) is 2.68. The third-order valence-electron chi connectivity index (χ3n) is 5.63. The van der Waals surface area contributed by atoms with Crippen LogP contribution < -0.4 is 5.32 Å².